The summed E-state index contributed by atoms with van der Waals surface area (Å²) >= 11 is 6.23. The molecule has 0 bridgehead atoms. The molecule has 2 atom stereocenters. The van der Waals surface area contributed by atoms with Gasteiger partial charge in [0.1, 0.15) is 6.04 Å². The van der Waals surface area contributed by atoms with Crippen LogP contribution in [0.1, 0.15) is 42.5 Å². The Morgan fingerprint density at radius 2 is 1.59 bits per heavy atom. The normalized spacial score (nSPS) is 12.6. The lowest BCUT2D eigenvalue weighted by Gasteiger charge is -2.32. The molecule has 3 rings (SSSR count). The number of rotatable bonds is 10. The van der Waals surface area contributed by atoms with Crippen molar-refractivity contribution < 1.29 is 9.59 Å². The number of carbonyl (C=O) groups is 2. The van der Waals surface area contributed by atoms with Crippen molar-refractivity contribution in [1.29, 1.82) is 0 Å². The zero-order chi connectivity index (χ0) is 24.5. The van der Waals surface area contributed by atoms with Crippen LogP contribution in [-0.2, 0) is 29.0 Å². The number of carbonyl (C=O) groups excluding carboxylic acids is 2. The maximum absolute atomic E-state index is 13.7. The van der Waals surface area contributed by atoms with Crippen molar-refractivity contribution in [1.82, 2.24) is 10.2 Å². The van der Waals surface area contributed by atoms with Gasteiger partial charge in [-0.05, 0) is 49.1 Å². The highest BCUT2D eigenvalue weighted by molar-refractivity contribution is 6.30. The molecule has 0 aliphatic carbocycles. The lowest BCUT2D eigenvalue weighted by molar-refractivity contribution is -0.141. The molecular formula is C29H33ClN2O2. The van der Waals surface area contributed by atoms with E-state index in [-0.39, 0.29) is 24.3 Å². The molecule has 0 radical (unpaired) electrons. The summed E-state index contributed by atoms with van der Waals surface area (Å²) in [6, 6.07) is 24.6. The molecule has 0 aliphatic rings. The van der Waals surface area contributed by atoms with Crippen molar-refractivity contribution in [3.63, 3.8) is 0 Å². The molecule has 178 valence electrons. The number of aryl methyl sites for hydroxylation is 1. The van der Waals surface area contributed by atoms with Crippen LogP contribution in [0, 0.1) is 6.92 Å². The standard InChI is InChI=1S/C29H33ClN2O2/c1-4-22(3)31-29(34)27(18-23-9-6-5-7-10-23)32(20-25-11-8-12-26(30)17-25)28(33)19-24-15-13-21(2)14-16-24/h5-17,22,27H,4,18-20H2,1-3H3,(H,31,34). The van der Waals surface area contributed by atoms with Gasteiger partial charge in [-0.2, -0.15) is 0 Å². The number of halogens is 1. The minimum Gasteiger partial charge on any atom is -0.352 e. The van der Waals surface area contributed by atoms with E-state index in [1.807, 2.05) is 93.6 Å². The van der Waals surface area contributed by atoms with Gasteiger partial charge in [-0.3, -0.25) is 9.59 Å². The van der Waals surface area contributed by atoms with Crippen molar-refractivity contribution in [2.45, 2.75) is 58.7 Å². The van der Waals surface area contributed by atoms with E-state index in [0.717, 1.165) is 28.7 Å². The first-order valence-electron chi connectivity index (χ1n) is 11.8. The van der Waals surface area contributed by atoms with Crippen LogP contribution >= 0.6 is 11.6 Å². The van der Waals surface area contributed by atoms with Gasteiger partial charge in [-0.15, -0.1) is 0 Å². The highest BCUT2D eigenvalue weighted by Crippen LogP contribution is 2.19. The fourth-order valence-electron chi connectivity index (χ4n) is 3.81. The number of hydrogen-bond donors (Lipinski definition) is 1. The van der Waals surface area contributed by atoms with Gasteiger partial charge in [0.15, 0.2) is 0 Å². The number of benzene rings is 3. The molecule has 0 aliphatic heterocycles. The van der Waals surface area contributed by atoms with E-state index in [4.69, 9.17) is 11.6 Å². The molecule has 5 heteroatoms. The molecule has 0 spiro atoms. The summed E-state index contributed by atoms with van der Waals surface area (Å²) in [5.74, 6) is -0.235. The van der Waals surface area contributed by atoms with Crippen LogP contribution in [-0.4, -0.2) is 28.8 Å². The van der Waals surface area contributed by atoms with Crippen LogP contribution in [0.2, 0.25) is 5.02 Å². The summed E-state index contributed by atoms with van der Waals surface area (Å²) in [6.07, 6.45) is 1.47. The molecule has 0 heterocycles. The van der Waals surface area contributed by atoms with E-state index in [1.165, 1.54) is 0 Å². The van der Waals surface area contributed by atoms with Crippen molar-refractivity contribution in [3.05, 3.63) is 106 Å². The number of nitrogens with one attached hydrogen (secondary N) is 1. The fourth-order valence-corrected chi connectivity index (χ4v) is 4.02. The van der Waals surface area contributed by atoms with E-state index in [1.54, 1.807) is 11.0 Å². The topological polar surface area (TPSA) is 49.4 Å². The molecule has 34 heavy (non-hydrogen) atoms. The second kappa shape index (κ2) is 12.4. The Morgan fingerprint density at radius 1 is 0.912 bits per heavy atom. The first kappa shape index (κ1) is 25.5. The molecule has 2 amide bonds. The van der Waals surface area contributed by atoms with Gasteiger partial charge in [-0.1, -0.05) is 90.8 Å². The average Bonchev–Trinajstić information content (AvgIpc) is 2.83. The van der Waals surface area contributed by atoms with Gasteiger partial charge in [0.2, 0.25) is 11.8 Å². The average molecular weight is 477 g/mol. The molecule has 1 N–H and O–H groups in total. The Hall–Kier alpha value is -3.11. The van der Waals surface area contributed by atoms with Gasteiger partial charge in [0, 0.05) is 24.0 Å². The van der Waals surface area contributed by atoms with Gasteiger partial charge in [0.05, 0.1) is 6.42 Å². The van der Waals surface area contributed by atoms with Crippen molar-refractivity contribution in [3.8, 4) is 0 Å². The molecular weight excluding hydrogens is 444 g/mol. The number of hydrogen-bond acceptors (Lipinski definition) is 2. The smallest absolute Gasteiger partial charge is 0.243 e. The van der Waals surface area contributed by atoms with Crippen LogP contribution in [0.15, 0.2) is 78.9 Å². The Morgan fingerprint density at radius 3 is 2.24 bits per heavy atom. The monoisotopic (exact) mass is 476 g/mol. The fraction of sp³-hybridized carbons (Fsp3) is 0.310. The third kappa shape index (κ3) is 7.46. The van der Waals surface area contributed by atoms with E-state index in [2.05, 4.69) is 5.32 Å². The third-order valence-electron chi connectivity index (χ3n) is 5.99. The van der Waals surface area contributed by atoms with E-state index in [0.29, 0.717) is 18.0 Å². The third-order valence-corrected chi connectivity index (χ3v) is 6.23. The minimum absolute atomic E-state index is 0.0194. The molecule has 0 fully saturated rings. The molecule has 0 saturated heterocycles. The molecule has 0 saturated carbocycles. The first-order chi connectivity index (χ1) is 16.4. The quantitative estimate of drug-likeness (QED) is 0.405. The van der Waals surface area contributed by atoms with Crippen molar-refractivity contribution in [2.75, 3.05) is 0 Å². The Bertz CT molecular complexity index is 1080. The van der Waals surface area contributed by atoms with E-state index in [9.17, 15) is 9.59 Å². The van der Waals surface area contributed by atoms with Gasteiger partial charge >= 0.3 is 0 Å². The molecule has 3 aromatic rings. The predicted octanol–water partition coefficient (Wildman–Crippen LogP) is 5.75. The summed E-state index contributed by atoms with van der Waals surface area (Å²) in [5, 5.41) is 3.70. The SMILES string of the molecule is CCC(C)NC(=O)C(Cc1ccccc1)N(Cc1cccc(Cl)c1)C(=O)Cc1ccc(C)cc1. The zero-order valence-electron chi connectivity index (χ0n) is 20.1. The van der Waals surface area contributed by atoms with Crippen LogP contribution in [0.4, 0.5) is 0 Å². The van der Waals surface area contributed by atoms with Gasteiger partial charge in [0.25, 0.3) is 0 Å². The zero-order valence-corrected chi connectivity index (χ0v) is 20.9. The maximum Gasteiger partial charge on any atom is 0.243 e. The van der Waals surface area contributed by atoms with Crippen molar-refractivity contribution in [2.24, 2.45) is 0 Å². The summed E-state index contributed by atoms with van der Waals surface area (Å²) in [6.45, 7) is 6.33. The largest absolute Gasteiger partial charge is 0.352 e. The first-order valence-corrected chi connectivity index (χ1v) is 12.2. The summed E-state index contributed by atoms with van der Waals surface area (Å²) < 4.78 is 0. The molecule has 4 nitrogen and oxygen atoms in total. The van der Waals surface area contributed by atoms with Crippen LogP contribution in [0.5, 0.6) is 0 Å². The van der Waals surface area contributed by atoms with E-state index < -0.39 is 6.04 Å². The number of nitrogens with zero attached hydrogens (tertiary/aromatic N) is 1. The molecule has 2 unspecified atom stereocenters. The minimum atomic E-state index is -0.645. The van der Waals surface area contributed by atoms with E-state index >= 15 is 0 Å². The maximum atomic E-state index is 13.7. The van der Waals surface area contributed by atoms with Gasteiger partial charge < -0.3 is 10.2 Å². The summed E-state index contributed by atoms with van der Waals surface area (Å²) in [4.78, 5) is 28.9. The predicted molar refractivity (Wildman–Crippen MR) is 139 cm³/mol. The Balaban J connectivity index is 1.96. The summed E-state index contributed by atoms with van der Waals surface area (Å²) in [5.41, 5.74) is 3.96. The molecule has 3 aromatic carbocycles. The lowest BCUT2D eigenvalue weighted by atomic mass is 10.0. The number of amides is 2. The molecule has 0 aromatic heterocycles. The van der Waals surface area contributed by atoms with Crippen molar-refractivity contribution >= 4 is 23.4 Å². The van der Waals surface area contributed by atoms with Crippen LogP contribution in [0.3, 0.4) is 0 Å². The Kier molecular flexibility index (Phi) is 9.29. The van der Waals surface area contributed by atoms with Gasteiger partial charge in [-0.25, -0.2) is 0 Å². The Labute approximate surface area is 207 Å². The van der Waals surface area contributed by atoms with Crippen LogP contribution < -0.4 is 5.32 Å². The highest BCUT2D eigenvalue weighted by atomic mass is 35.5. The lowest BCUT2D eigenvalue weighted by Crippen LogP contribution is -2.52. The highest BCUT2D eigenvalue weighted by Gasteiger charge is 2.31. The summed E-state index contributed by atoms with van der Waals surface area (Å²) in [7, 11) is 0. The second-order valence-corrected chi connectivity index (χ2v) is 9.27. The second-order valence-electron chi connectivity index (χ2n) is 8.84. The van der Waals surface area contributed by atoms with Crippen LogP contribution in [0.25, 0.3) is 0 Å².